The lowest BCUT2D eigenvalue weighted by Gasteiger charge is -2.01. The highest BCUT2D eigenvalue weighted by atomic mass is 16.6. The number of benzene rings is 2. The van der Waals surface area contributed by atoms with Gasteiger partial charge in [0.05, 0.1) is 10.6 Å². The molecule has 9 nitrogen and oxygen atoms in total. The number of azo groups is 1. The fraction of sp³-hybridized carbons (Fsp3) is 0. The topological polar surface area (TPSA) is 135 Å². The highest BCUT2D eigenvalue weighted by Crippen LogP contribution is 2.20. The Morgan fingerprint density at radius 1 is 1.15 bits per heavy atom. The number of rotatable bonds is 5. The molecule has 2 aromatic carbocycles. The lowest BCUT2D eigenvalue weighted by molar-refractivity contribution is -0.384. The molecule has 1 aromatic heterocycles. The van der Waals surface area contributed by atoms with Crippen LogP contribution in [0.5, 0.6) is 0 Å². The van der Waals surface area contributed by atoms with E-state index in [4.69, 9.17) is 4.42 Å². The Morgan fingerprint density at radius 2 is 1.85 bits per heavy atom. The molecule has 0 saturated heterocycles. The maximum Gasteiger partial charge on any atom is 0.347 e. The summed E-state index contributed by atoms with van der Waals surface area (Å²) in [6.07, 6.45) is 0.422. The Hall–Kier alpha value is -4.14. The number of nitrogens with zero attached hydrogens (tertiary/aromatic N) is 3. The number of nitro groups is 1. The Morgan fingerprint density at radius 3 is 2.52 bits per heavy atom. The standard InChI is InChI=1S/C18H11N3O6/c22-10-15(20-19-12-5-7-13(8-6-12)21(25)26)17(23)14-9-11-3-1-2-4-16(11)27-18(14)24/h1-10,22H/b15-10-,20-19?. The summed E-state index contributed by atoms with van der Waals surface area (Å²) in [5, 5.41) is 27.8. The van der Waals surface area contributed by atoms with Crippen LogP contribution in [-0.2, 0) is 0 Å². The summed E-state index contributed by atoms with van der Waals surface area (Å²) in [6.45, 7) is 0. The van der Waals surface area contributed by atoms with Gasteiger partial charge in [-0.1, -0.05) is 18.2 Å². The molecule has 3 aromatic rings. The van der Waals surface area contributed by atoms with Gasteiger partial charge in [-0.15, -0.1) is 5.11 Å². The number of carbonyl (C=O) groups is 1. The van der Waals surface area contributed by atoms with Crippen LogP contribution in [0.1, 0.15) is 10.4 Å². The van der Waals surface area contributed by atoms with Crippen LogP contribution >= 0.6 is 0 Å². The van der Waals surface area contributed by atoms with Crippen LogP contribution in [0.4, 0.5) is 11.4 Å². The number of aliphatic hydroxyl groups excluding tert-OH is 1. The van der Waals surface area contributed by atoms with Crippen LogP contribution in [0.3, 0.4) is 0 Å². The number of carbonyl (C=O) groups excluding carboxylic acids is 1. The van der Waals surface area contributed by atoms with E-state index in [0.29, 0.717) is 17.2 Å². The van der Waals surface area contributed by atoms with E-state index in [1.165, 1.54) is 30.3 Å². The highest BCUT2D eigenvalue weighted by molar-refractivity contribution is 6.09. The number of aliphatic hydroxyl groups is 1. The SMILES string of the molecule is O=C(/C(=C/O)N=Nc1ccc([N+](=O)[O-])cc1)c1cc2ccccc2oc1=O. The molecule has 0 spiro atoms. The molecule has 0 bridgehead atoms. The molecule has 0 fully saturated rings. The highest BCUT2D eigenvalue weighted by Gasteiger charge is 2.18. The Bertz CT molecular complexity index is 1150. The van der Waals surface area contributed by atoms with Crippen molar-refractivity contribution in [1.82, 2.24) is 0 Å². The molecule has 1 N–H and O–H groups in total. The Balaban J connectivity index is 1.89. The quantitative estimate of drug-likeness (QED) is 0.138. The van der Waals surface area contributed by atoms with Gasteiger partial charge in [-0.25, -0.2) is 4.79 Å². The van der Waals surface area contributed by atoms with Gasteiger partial charge >= 0.3 is 5.63 Å². The number of para-hydroxylation sites is 1. The predicted octanol–water partition coefficient (Wildman–Crippen LogP) is 4.07. The van der Waals surface area contributed by atoms with Crippen LogP contribution < -0.4 is 5.63 Å². The summed E-state index contributed by atoms with van der Waals surface area (Å²) in [5.74, 6) is -0.873. The summed E-state index contributed by atoms with van der Waals surface area (Å²) in [4.78, 5) is 34.6. The first kappa shape index (κ1) is 17.7. The number of allylic oxidation sites excluding steroid dienone is 1. The zero-order valence-corrected chi connectivity index (χ0v) is 13.6. The predicted molar refractivity (Wildman–Crippen MR) is 95.1 cm³/mol. The lowest BCUT2D eigenvalue weighted by atomic mass is 10.1. The van der Waals surface area contributed by atoms with Crippen LogP contribution in [-0.4, -0.2) is 15.8 Å². The number of hydrogen-bond acceptors (Lipinski definition) is 8. The second-order valence-corrected chi connectivity index (χ2v) is 5.30. The minimum Gasteiger partial charge on any atom is -0.513 e. The molecule has 3 rings (SSSR count). The average Bonchev–Trinajstić information content (AvgIpc) is 2.68. The fourth-order valence-corrected chi connectivity index (χ4v) is 2.24. The van der Waals surface area contributed by atoms with Crippen LogP contribution in [0.2, 0.25) is 0 Å². The van der Waals surface area contributed by atoms with Crippen molar-refractivity contribution in [2.24, 2.45) is 10.2 Å². The van der Waals surface area contributed by atoms with E-state index in [0.717, 1.165) is 0 Å². The first-order valence-corrected chi connectivity index (χ1v) is 7.58. The van der Waals surface area contributed by atoms with Crippen molar-refractivity contribution in [2.45, 2.75) is 0 Å². The zero-order chi connectivity index (χ0) is 19.4. The van der Waals surface area contributed by atoms with Crippen molar-refractivity contribution in [3.63, 3.8) is 0 Å². The van der Waals surface area contributed by atoms with Gasteiger partial charge in [0.2, 0.25) is 5.78 Å². The number of Topliss-reactive ketones (excluding diaryl/α,β-unsaturated/α-hetero) is 1. The summed E-state index contributed by atoms with van der Waals surface area (Å²) in [6, 6.07) is 13.1. The number of hydrogen-bond donors (Lipinski definition) is 1. The largest absolute Gasteiger partial charge is 0.513 e. The molecule has 0 radical (unpaired) electrons. The Kier molecular flexibility index (Phi) is 4.84. The van der Waals surface area contributed by atoms with Gasteiger partial charge in [-0.3, -0.25) is 14.9 Å². The van der Waals surface area contributed by atoms with E-state index < -0.39 is 22.0 Å². The summed E-state index contributed by atoms with van der Waals surface area (Å²) < 4.78 is 5.09. The first-order chi connectivity index (χ1) is 13.0. The van der Waals surface area contributed by atoms with Crippen molar-refractivity contribution in [3.05, 3.63) is 92.7 Å². The van der Waals surface area contributed by atoms with E-state index >= 15 is 0 Å². The van der Waals surface area contributed by atoms with Gasteiger partial charge < -0.3 is 9.52 Å². The molecule has 1 heterocycles. The van der Waals surface area contributed by atoms with Crippen molar-refractivity contribution in [1.29, 1.82) is 0 Å². The van der Waals surface area contributed by atoms with Crippen LogP contribution in [0, 0.1) is 10.1 Å². The molecule has 0 atom stereocenters. The summed E-state index contributed by atoms with van der Waals surface area (Å²) >= 11 is 0. The normalized spacial score (nSPS) is 11.8. The minimum absolute atomic E-state index is 0.128. The van der Waals surface area contributed by atoms with Gasteiger partial charge in [0.25, 0.3) is 5.69 Å². The van der Waals surface area contributed by atoms with Crippen LogP contribution in [0.25, 0.3) is 11.0 Å². The molecule has 0 aliphatic heterocycles. The van der Waals surface area contributed by atoms with E-state index in [1.54, 1.807) is 24.3 Å². The second-order valence-electron chi connectivity index (χ2n) is 5.30. The van der Waals surface area contributed by atoms with Crippen LogP contribution in [0.15, 0.2) is 86.0 Å². The van der Waals surface area contributed by atoms with E-state index in [1.807, 2.05) is 0 Å². The molecule has 0 saturated carbocycles. The van der Waals surface area contributed by atoms with Crippen molar-refractivity contribution >= 4 is 28.1 Å². The monoisotopic (exact) mass is 365 g/mol. The second kappa shape index (κ2) is 7.40. The van der Waals surface area contributed by atoms with E-state index in [2.05, 4.69) is 10.2 Å². The third-order valence-corrected chi connectivity index (χ3v) is 3.57. The van der Waals surface area contributed by atoms with Gasteiger partial charge in [-0.05, 0) is 24.3 Å². The molecule has 9 heteroatoms. The molecular formula is C18H11N3O6. The molecule has 0 unspecified atom stereocenters. The lowest BCUT2D eigenvalue weighted by Crippen LogP contribution is -2.15. The summed E-state index contributed by atoms with van der Waals surface area (Å²) in [7, 11) is 0. The van der Waals surface area contributed by atoms with E-state index in [-0.39, 0.29) is 16.9 Å². The van der Waals surface area contributed by atoms with Gasteiger partial charge in [0.1, 0.15) is 17.4 Å². The third kappa shape index (κ3) is 3.76. The Labute approximate surface area is 151 Å². The van der Waals surface area contributed by atoms with Crippen molar-refractivity contribution in [3.8, 4) is 0 Å². The van der Waals surface area contributed by atoms with E-state index in [9.17, 15) is 24.8 Å². The molecule has 0 aliphatic carbocycles. The summed E-state index contributed by atoms with van der Waals surface area (Å²) in [5.41, 5.74) is -1.26. The zero-order valence-electron chi connectivity index (χ0n) is 13.6. The molecule has 27 heavy (non-hydrogen) atoms. The maximum absolute atomic E-state index is 12.5. The maximum atomic E-state index is 12.5. The fourth-order valence-electron chi connectivity index (χ4n) is 2.24. The van der Waals surface area contributed by atoms with Gasteiger partial charge in [-0.2, -0.15) is 5.11 Å². The van der Waals surface area contributed by atoms with Gasteiger partial charge in [0, 0.05) is 17.5 Å². The van der Waals surface area contributed by atoms with Crippen molar-refractivity contribution in [2.75, 3.05) is 0 Å². The van der Waals surface area contributed by atoms with Gasteiger partial charge in [0.15, 0.2) is 5.70 Å². The molecule has 134 valence electrons. The average molecular weight is 365 g/mol. The minimum atomic E-state index is -0.873. The number of fused-ring (bicyclic) bond motifs is 1. The third-order valence-electron chi connectivity index (χ3n) is 3.57. The molecule has 0 amide bonds. The molecular weight excluding hydrogens is 354 g/mol. The number of ketones is 1. The molecule has 0 aliphatic rings. The van der Waals surface area contributed by atoms with Crippen molar-refractivity contribution < 1.29 is 19.2 Å². The first-order valence-electron chi connectivity index (χ1n) is 7.58. The number of non-ortho nitro benzene ring substituents is 1. The smallest absolute Gasteiger partial charge is 0.347 e. The number of nitro benzene ring substituents is 1.